The van der Waals surface area contributed by atoms with E-state index in [2.05, 4.69) is 42.1 Å². The Labute approximate surface area is 139 Å². The first-order valence-corrected chi connectivity index (χ1v) is 8.86. The van der Waals surface area contributed by atoms with E-state index in [1.165, 1.54) is 25.7 Å². The Hall–Kier alpha value is -1.14. The van der Waals surface area contributed by atoms with Crippen molar-refractivity contribution in [2.45, 2.75) is 38.6 Å². The minimum Gasteiger partial charge on any atom is -0.342 e. The summed E-state index contributed by atoms with van der Waals surface area (Å²) in [6, 6.07) is 0.371. The quantitative estimate of drug-likeness (QED) is 0.846. The average molecular weight is 364 g/mol. The summed E-state index contributed by atoms with van der Waals surface area (Å²) in [4.78, 5) is 11.4. The van der Waals surface area contributed by atoms with Crippen LogP contribution in [0.5, 0.6) is 0 Å². The summed E-state index contributed by atoms with van der Waals surface area (Å²) < 4.78 is 3.00. The van der Waals surface area contributed by atoms with Crippen molar-refractivity contribution in [2.75, 3.05) is 18.0 Å². The van der Waals surface area contributed by atoms with Gasteiger partial charge in [-0.1, -0.05) is 6.92 Å². The molecular weight excluding hydrogens is 342 g/mol. The van der Waals surface area contributed by atoms with Crippen LogP contribution in [0, 0.1) is 11.3 Å². The maximum Gasteiger partial charge on any atom is 0.211 e. The second-order valence-corrected chi connectivity index (χ2v) is 7.88. The van der Waals surface area contributed by atoms with E-state index in [9.17, 15) is 0 Å². The molecule has 5 nitrogen and oxygen atoms in total. The maximum absolute atomic E-state index is 6.46. The number of halogens is 1. The van der Waals surface area contributed by atoms with Crippen LogP contribution in [-0.2, 0) is 0 Å². The van der Waals surface area contributed by atoms with E-state index in [1.807, 2.05) is 18.6 Å². The normalized spacial score (nSPS) is 27.9. The molecule has 2 aliphatic rings. The molecular formula is C16H22BrN5. The number of fused-ring (bicyclic) bond motifs is 1. The summed E-state index contributed by atoms with van der Waals surface area (Å²) in [6.45, 7) is 4.40. The van der Waals surface area contributed by atoms with Crippen molar-refractivity contribution in [3.63, 3.8) is 0 Å². The number of rotatable bonds is 1. The molecule has 2 aromatic rings. The van der Waals surface area contributed by atoms with Crippen molar-refractivity contribution in [1.82, 2.24) is 14.4 Å². The van der Waals surface area contributed by atoms with Gasteiger partial charge in [0, 0.05) is 37.7 Å². The topological polar surface area (TPSA) is 59.5 Å². The van der Waals surface area contributed by atoms with Gasteiger partial charge in [0.1, 0.15) is 0 Å². The van der Waals surface area contributed by atoms with Crippen molar-refractivity contribution >= 4 is 27.5 Å². The molecule has 4 rings (SSSR count). The molecule has 2 aromatic heterocycles. The van der Waals surface area contributed by atoms with Crippen molar-refractivity contribution in [1.29, 1.82) is 0 Å². The van der Waals surface area contributed by atoms with Gasteiger partial charge in [-0.15, -0.1) is 0 Å². The minimum absolute atomic E-state index is 0.360. The lowest BCUT2D eigenvalue weighted by Gasteiger charge is -2.42. The van der Waals surface area contributed by atoms with Crippen LogP contribution in [0.4, 0.5) is 5.95 Å². The summed E-state index contributed by atoms with van der Waals surface area (Å²) in [5, 5.41) is 0. The fourth-order valence-corrected chi connectivity index (χ4v) is 4.84. The second kappa shape index (κ2) is 5.20. The van der Waals surface area contributed by atoms with Gasteiger partial charge in [-0.05, 0) is 52.9 Å². The lowest BCUT2D eigenvalue weighted by atomic mass is 9.74. The smallest absolute Gasteiger partial charge is 0.211 e. The summed E-state index contributed by atoms with van der Waals surface area (Å²) in [6.07, 6.45) is 10.5. The molecule has 6 heteroatoms. The predicted octanol–water partition coefficient (Wildman–Crippen LogP) is 2.84. The molecule has 1 unspecified atom stereocenters. The van der Waals surface area contributed by atoms with E-state index in [-0.39, 0.29) is 0 Å². The maximum atomic E-state index is 6.46. The molecule has 2 atom stereocenters. The molecule has 0 bridgehead atoms. The van der Waals surface area contributed by atoms with E-state index in [0.29, 0.717) is 11.5 Å². The molecule has 118 valence electrons. The molecule has 1 aliphatic carbocycles. The van der Waals surface area contributed by atoms with Gasteiger partial charge in [-0.3, -0.25) is 4.40 Å². The van der Waals surface area contributed by atoms with Crippen molar-refractivity contribution < 1.29 is 0 Å². The highest BCUT2D eigenvalue weighted by atomic mass is 79.9. The molecule has 3 heterocycles. The van der Waals surface area contributed by atoms with Crippen LogP contribution in [0.25, 0.3) is 5.65 Å². The van der Waals surface area contributed by atoms with Crippen LogP contribution in [0.3, 0.4) is 0 Å². The number of hydrogen-bond acceptors (Lipinski definition) is 4. The second-order valence-electron chi connectivity index (χ2n) is 7.03. The average Bonchev–Trinajstić information content (AvgIpc) is 3.08. The van der Waals surface area contributed by atoms with E-state index >= 15 is 0 Å². The summed E-state index contributed by atoms with van der Waals surface area (Å²) in [5.74, 6) is 1.76. The van der Waals surface area contributed by atoms with Crippen LogP contribution in [-0.4, -0.2) is 33.5 Å². The van der Waals surface area contributed by atoms with Gasteiger partial charge in [0.25, 0.3) is 0 Å². The molecule has 22 heavy (non-hydrogen) atoms. The van der Waals surface area contributed by atoms with Crippen molar-refractivity contribution in [3.8, 4) is 0 Å². The molecule has 1 aliphatic heterocycles. The zero-order valence-corrected chi connectivity index (χ0v) is 14.5. The third kappa shape index (κ3) is 2.15. The monoisotopic (exact) mass is 363 g/mol. The molecule has 0 radical (unpaired) electrons. The van der Waals surface area contributed by atoms with E-state index < -0.39 is 0 Å². The molecule has 0 amide bonds. The first-order chi connectivity index (χ1) is 10.6. The van der Waals surface area contributed by atoms with Crippen LogP contribution in [0.1, 0.15) is 32.6 Å². The predicted molar refractivity (Wildman–Crippen MR) is 90.9 cm³/mol. The Kier molecular flexibility index (Phi) is 3.42. The minimum atomic E-state index is 0.360. The number of nitrogens with two attached hydrogens (primary N) is 1. The highest BCUT2D eigenvalue weighted by Crippen LogP contribution is 2.48. The van der Waals surface area contributed by atoms with Gasteiger partial charge in [-0.25, -0.2) is 9.97 Å². The Balaban J connectivity index is 1.59. The molecule has 1 saturated carbocycles. The highest BCUT2D eigenvalue weighted by Gasteiger charge is 2.45. The van der Waals surface area contributed by atoms with E-state index in [0.717, 1.165) is 35.1 Å². The van der Waals surface area contributed by atoms with E-state index in [1.54, 1.807) is 0 Å². The molecule has 1 spiro atoms. The number of aromatic nitrogens is 3. The summed E-state index contributed by atoms with van der Waals surface area (Å²) in [7, 11) is 0. The third-order valence-corrected chi connectivity index (χ3v) is 6.16. The molecule has 0 aromatic carbocycles. The van der Waals surface area contributed by atoms with Gasteiger partial charge in [0.2, 0.25) is 5.95 Å². The summed E-state index contributed by atoms with van der Waals surface area (Å²) in [5.41, 5.74) is 7.75. The van der Waals surface area contributed by atoms with Gasteiger partial charge >= 0.3 is 0 Å². The molecule has 1 saturated heterocycles. The van der Waals surface area contributed by atoms with E-state index in [4.69, 9.17) is 5.73 Å². The van der Waals surface area contributed by atoms with Crippen LogP contribution in [0.2, 0.25) is 0 Å². The van der Waals surface area contributed by atoms with Gasteiger partial charge in [-0.2, -0.15) is 0 Å². The standard InChI is InChI=1S/C16H22BrN5/c1-11-8-13(18)16(9-11)2-5-21(6-3-16)15-20-10-12(17)14-19-4-7-22(14)15/h4,7,10-11,13H,2-3,5-6,8-9,18H2,1H3/t11?,13-/m1/s1. The zero-order valence-electron chi connectivity index (χ0n) is 12.9. The lowest BCUT2D eigenvalue weighted by Crippen LogP contribution is -2.47. The van der Waals surface area contributed by atoms with Gasteiger partial charge < -0.3 is 10.6 Å². The van der Waals surface area contributed by atoms with Crippen molar-refractivity contribution in [2.24, 2.45) is 17.1 Å². The number of piperidine rings is 1. The van der Waals surface area contributed by atoms with Crippen LogP contribution < -0.4 is 10.6 Å². The Morgan fingerprint density at radius 3 is 2.77 bits per heavy atom. The number of nitrogens with zero attached hydrogens (tertiary/aromatic N) is 4. The Bertz CT molecular complexity index is 689. The van der Waals surface area contributed by atoms with Crippen molar-refractivity contribution in [3.05, 3.63) is 23.1 Å². The highest BCUT2D eigenvalue weighted by molar-refractivity contribution is 9.10. The van der Waals surface area contributed by atoms with Gasteiger partial charge in [0.05, 0.1) is 4.47 Å². The van der Waals surface area contributed by atoms with Crippen LogP contribution in [0.15, 0.2) is 23.1 Å². The largest absolute Gasteiger partial charge is 0.342 e. The summed E-state index contributed by atoms with van der Waals surface area (Å²) >= 11 is 3.52. The number of anilines is 1. The van der Waals surface area contributed by atoms with Gasteiger partial charge in [0.15, 0.2) is 5.65 Å². The number of imidazole rings is 1. The first kappa shape index (κ1) is 14.5. The fraction of sp³-hybridized carbons (Fsp3) is 0.625. The zero-order chi connectivity index (χ0) is 15.3. The molecule has 2 N–H and O–H groups in total. The first-order valence-electron chi connectivity index (χ1n) is 8.07. The lowest BCUT2D eigenvalue weighted by molar-refractivity contribution is 0.192. The SMILES string of the molecule is CC1C[C@@H](N)C2(CCN(c3ncc(Br)c4nccn34)CC2)C1. The fourth-order valence-electron chi connectivity index (χ4n) is 4.45. The molecule has 2 fully saturated rings. The third-order valence-electron chi connectivity index (χ3n) is 5.60. The Morgan fingerprint density at radius 1 is 1.32 bits per heavy atom. The van der Waals surface area contributed by atoms with Crippen LogP contribution >= 0.6 is 15.9 Å². The number of hydrogen-bond donors (Lipinski definition) is 1. The Morgan fingerprint density at radius 2 is 2.09 bits per heavy atom.